The fraction of sp³-hybridized carbons (Fsp3) is 0.545. The molecule has 21 heteroatoms. The van der Waals surface area contributed by atoms with E-state index in [4.69, 9.17) is 28.4 Å². The van der Waals surface area contributed by atoms with Crippen LogP contribution >= 0.6 is 0 Å². The number of unbranched alkanes of at least 4 members (excludes halogenated alkanes) is 2. The van der Waals surface area contributed by atoms with E-state index in [0.717, 1.165) is 22.5 Å². The molecular weight excluding hydrogens is 985 g/mol. The summed E-state index contributed by atoms with van der Waals surface area (Å²) in [4.78, 5) is 115. The number of allylic oxidation sites excluding steroid dienone is 3. The van der Waals surface area contributed by atoms with Crippen molar-refractivity contribution in [3.63, 3.8) is 0 Å². The molecule has 0 aromatic heterocycles. The Kier molecular flexibility index (Phi) is 19.3. The summed E-state index contributed by atoms with van der Waals surface area (Å²) in [5.41, 5.74) is 0.585. The largest absolute Gasteiger partial charge is 0.462 e. The smallest absolute Gasteiger partial charge is 0.331 e. The molecule has 7 rings (SSSR count). The van der Waals surface area contributed by atoms with Gasteiger partial charge in [0, 0.05) is 55.5 Å². The summed E-state index contributed by atoms with van der Waals surface area (Å²) in [5, 5.41) is 12.6. The van der Waals surface area contributed by atoms with Gasteiger partial charge in [-0.25, -0.2) is 9.59 Å². The molecule has 2 bridgehead atoms. The Balaban J connectivity index is 0.861. The zero-order chi connectivity index (χ0) is 54.5. The Bertz CT molecular complexity index is 2500. The molecule has 4 aliphatic heterocycles. The first-order valence-corrected chi connectivity index (χ1v) is 26.0. The van der Waals surface area contributed by atoms with Gasteiger partial charge >= 0.3 is 11.9 Å². The molecule has 21 nitrogen and oxygen atoms in total. The van der Waals surface area contributed by atoms with E-state index in [-0.39, 0.29) is 75.8 Å². The molecule has 6 aliphatic rings. The van der Waals surface area contributed by atoms with E-state index in [1.165, 1.54) is 29.9 Å². The SMILES string of the molecule is CC1=CC2OC3CC4OC(=O)/C=C\C=C\C(C(C)OCNC(=O)CNC(=O)C(Cc5ccccc5)NC(=O)CNC(=O)CNC(=O)CCCCCN5C(=O)C=CC5=O)OCC/C(C)=C/C(=O)OCC2(CC1)C4(C)C31CO1. The van der Waals surface area contributed by atoms with Crippen molar-refractivity contribution in [2.24, 2.45) is 10.8 Å². The number of nitrogens with zero attached hydrogens (tertiary/aromatic N) is 1. The van der Waals surface area contributed by atoms with Gasteiger partial charge in [-0.3, -0.25) is 38.5 Å². The number of carbonyl (C=O) groups is 9. The van der Waals surface area contributed by atoms with Crippen LogP contribution in [0.1, 0.15) is 84.6 Å². The van der Waals surface area contributed by atoms with Crippen LogP contribution in [0.4, 0.5) is 0 Å². The summed E-state index contributed by atoms with van der Waals surface area (Å²) < 4.78 is 37.3. The van der Waals surface area contributed by atoms with Crippen molar-refractivity contribution in [1.29, 1.82) is 0 Å². The molecule has 1 aromatic rings. The van der Waals surface area contributed by atoms with Gasteiger partial charge in [0.25, 0.3) is 11.8 Å². The van der Waals surface area contributed by atoms with Crippen LogP contribution in [0.2, 0.25) is 0 Å². The van der Waals surface area contributed by atoms with Crippen LogP contribution < -0.4 is 26.6 Å². The van der Waals surface area contributed by atoms with E-state index in [9.17, 15) is 43.2 Å². The highest BCUT2D eigenvalue weighted by Crippen LogP contribution is 2.72. The topological polar surface area (TPSA) is 276 Å². The second-order valence-corrected chi connectivity index (χ2v) is 20.4. The van der Waals surface area contributed by atoms with E-state index < -0.39 is 89.4 Å². The zero-order valence-electron chi connectivity index (χ0n) is 43.6. The third-order valence-corrected chi connectivity index (χ3v) is 15.3. The van der Waals surface area contributed by atoms with Gasteiger partial charge < -0.3 is 55.0 Å². The standard InChI is InChI=1S/C55H70N6O15/c1-35-20-22-54-32-72-51(69)26-36(2)21-24-71-40(15-10-11-17-50(68)76-41-28-43(75-42(54)25-35)55(33-74-55)53(41,54)4)37(3)73-34-59-46(64)30-58-52(70)39(27-38-13-7-5-8-14-38)60-47(65)31-57-45(63)29-56-44(62)16-9-6-12-23-61-48(66)18-19-49(61)67/h5,7-8,10-11,13-15,17-19,25-26,37,39-43H,6,9,12,16,20-24,27-34H2,1-4H3,(H,56,62)(H,57,63)(H,58,70)(H,59,64)(H,60,65)/b15-10+,17-11-,36-26+. The number of imide groups is 1. The molecule has 5 N–H and O–H groups in total. The van der Waals surface area contributed by atoms with Crippen molar-refractivity contribution in [3.8, 4) is 0 Å². The molecule has 2 aliphatic carbocycles. The van der Waals surface area contributed by atoms with Crippen LogP contribution in [0.3, 0.4) is 0 Å². The Hall–Kier alpha value is -6.81. The number of esters is 2. The Morgan fingerprint density at radius 2 is 1.50 bits per heavy atom. The molecule has 7 amide bonds. The molecule has 0 radical (unpaired) electrons. The number of benzene rings is 1. The number of hydrogen-bond acceptors (Lipinski definition) is 15. The monoisotopic (exact) mass is 1050 g/mol. The van der Waals surface area contributed by atoms with Crippen molar-refractivity contribution in [3.05, 3.63) is 95.6 Å². The molecule has 1 saturated carbocycles. The molecule has 9 unspecified atom stereocenters. The molecule has 4 heterocycles. The number of nitrogens with one attached hydrogen (secondary N) is 5. The van der Waals surface area contributed by atoms with Crippen LogP contribution in [-0.4, -0.2) is 153 Å². The van der Waals surface area contributed by atoms with Gasteiger partial charge in [-0.15, -0.1) is 0 Å². The Labute approximate surface area is 441 Å². The molecule has 2 saturated heterocycles. The summed E-state index contributed by atoms with van der Waals surface area (Å²) in [6, 6.07) is 7.75. The molecular formula is C55H70N6O15. The number of cyclic esters (lactones) is 1. The second kappa shape index (κ2) is 25.8. The Morgan fingerprint density at radius 1 is 0.789 bits per heavy atom. The van der Waals surface area contributed by atoms with Crippen molar-refractivity contribution >= 4 is 53.3 Å². The van der Waals surface area contributed by atoms with Gasteiger partial charge in [-0.1, -0.05) is 79.1 Å². The first-order chi connectivity index (χ1) is 36.4. The van der Waals surface area contributed by atoms with Crippen molar-refractivity contribution in [1.82, 2.24) is 31.5 Å². The molecule has 76 heavy (non-hydrogen) atoms. The highest BCUT2D eigenvalue weighted by molar-refractivity contribution is 6.12. The fourth-order valence-electron chi connectivity index (χ4n) is 10.7. The van der Waals surface area contributed by atoms with Crippen molar-refractivity contribution in [2.75, 3.05) is 52.7 Å². The minimum absolute atomic E-state index is 0.0591. The predicted molar refractivity (Wildman–Crippen MR) is 272 cm³/mol. The maximum absolute atomic E-state index is 13.5. The molecule has 3 fully saturated rings. The van der Waals surface area contributed by atoms with Crippen molar-refractivity contribution in [2.45, 2.75) is 128 Å². The van der Waals surface area contributed by atoms with Crippen LogP contribution in [-0.2, 0) is 78.0 Å². The molecule has 9 atom stereocenters. The van der Waals surface area contributed by atoms with Gasteiger partial charge in [0.05, 0.1) is 56.6 Å². The average Bonchev–Trinajstić information content (AvgIpc) is 4.25. The van der Waals surface area contributed by atoms with Gasteiger partial charge in [-0.2, -0.15) is 0 Å². The molecule has 1 aromatic carbocycles. The number of hydrogen-bond donors (Lipinski definition) is 5. The summed E-state index contributed by atoms with van der Waals surface area (Å²) in [5.74, 6) is -4.73. The number of epoxide rings is 1. The van der Waals surface area contributed by atoms with Crippen molar-refractivity contribution < 1.29 is 71.6 Å². The van der Waals surface area contributed by atoms with E-state index in [1.807, 2.05) is 6.92 Å². The summed E-state index contributed by atoms with van der Waals surface area (Å²) in [7, 11) is 0. The van der Waals surface area contributed by atoms with E-state index in [0.29, 0.717) is 45.1 Å². The minimum Gasteiger partial charge on any atom is -0.462 e. The lowest BCUT2D eigenvalue weighted by Crippen LogP contribution is -2.66. The summed E-state index contributed by atoms with van der Waals surface area (Å²) >= 11 is 0. The second-order valence-electron chi connectivity index (χ2n) is 20.4. The lowest BCUT2D eigenvalue weighted by molar-refractivity contribution is -0.232. The van der Waals surface area contributed by atoms with Gasteiger partial charge in [0.1, 0.15) is 37.2 Å². The maximum Gasteiger partial charge on any atom is 0.331 e. The predicted octanol–water partition coefficient (Wildman–Crippen LogP) is 2.00. The van der Waals surface area contributed by atoms with Crippen LogP contribution in [0, 0.1) is 10.8 Å². The summed E-state index contributed by atoms with van der Waals surface area (Å²) in [6.07, 6.45) is 13.8. The first kappa shape index (κ1) is 56.9. The lowest BCUT2D eigenvalue weighted by Gasteiger charge is -2.58. The normalized spacial score (nSPS) is 29.4. The van der Waals surface area contributed by atoms with Gasteiger partial charge in [0.2, 0.25) is 29.5 Å². The van der Waals surface area contributed by atoms with Gasteiger partial charge in [-0.05, 0) is 58.4 Å². The Morgan fingerprint density at radius 3 is 2.25 bits per heavy atom. The fourth-order valence-corrected chi connectivity index (χ4v) is 10.7. The highest BCUT2D eigenvalue weighted by atomic mass is 16.6. The highest BCUT2D eigenvalue weighted by Gasteiger charge is 2.83. The number of ether oxygens (including phenoxy) is 6. The number of carbonyl (C=O) groups excluding carboxylic acids is 9. The minimum atomic E-state index is -1.13. The third-order valence-electron chi connectivity index (χ3n) is 15.3. The molecule has 410 valence electrons. The van der Waals surface area contributed by atoms with E-state index in [2.05, 4.69) is 46.5 Å². The van der Waals surface area contributed by atoms with E-state index in [1.54, 1.807) is 55.5 Å². The third kappa shape index (κ3) is 14.0. The first-order valence-electron chi connectivity index (χ1n) is 26.0. The van der Waals surface area contributed by atoms with Crippen LogP contribution in [0.15, 0.2) is 90.1 Å². The zero-order valence-corrected chi connectivity index (χ0v) is 43.6. The maximum atomic E-state index is 13.5. The lowest BCUT2D eigenvalue weighted by atomic mass is 9.51. The summed E-state index contributed by atoms with van der Waals surface area (Å²) in [6.45, 7) is 7.07. The number of rotatable bonds is 20. The number of amides is 7. The van der Waals surface area contributed by atoms with Gasteiger partial charge in [0.15, 0.2) is 0 Å². The molecule has 2 spiro atoms. The van der Waals surface area contributed by atoms with E-state index >= 15 is 0 Å². The average molecular weight is 1060 g/mol. The van der Waals surface area contributed by atoms with Crippen LogP contribution in [0.5, 0.6) is 0 Å². The van der Waals surface area contributed by atoms with Crippen LogP contribution in [0.25, 0.3) is 0 Å². The quantitative estimate of drug-likeness (QED) is 0.0312.